The van der Waals surface area contributed by atoms with Gasteiger partial charge in [0.25, 0.3) is 5.91 Å². The fraction of sp³-hybridized carbons (Fsp3) is 0.500. The van der Waals surface area contributed by atoms with E-state index in [1.807, 2.05) is 6.07 Å². The van der Waals surface area contributed by atoms with Crippen LogP contribution < -0.4 is 14.8 Å². The molecule has 2 aliphatic heterocycles. The lowest BCUT2D eigenvalue weighted by atomic mass is 9.87. The summed E-state index contributed by atoms with van der Waals surface area (Å²) >= 11 is 0. The predicted octanol–water partition coefficient (Wildman–Crippen LogP) is 3.34. The first-order valence-corrected chi connectivity index (χ1v) is 11.0. The average molecular weight is 428 g/mol. The van der Waals surface area contributed by atoms with Gasteiger partial charge < -0.3 is 14.8 Å². The third-order valence-electron chi connectivity index (χ3n) is 6.25. The molecule has 0 unspecified atom stereocenters. The number of ether oxygens (including phenoxy) is 2. The third-order valence-corrected chi connectivity index (χ3v) is 6.25. The molecule has 1 aromatic heterocycles. The van der Waals surface area contributed by atoms with Gasteiger partial charge in [0.2, 0.25) is 5.88 Å². The fourth-order valence-corrected chi connectivity index (χ4v) is 4.70. The van der Waals surface area contributed by atoms with E-state index in [1.54, 1.807) is 19.4 Å². The van der Waals surface area contributed by atoms with Crippen molar-refractivity contribution in [2.24, 2.45) is 5.92 Å². The van der Waals surface area contributed by atoms with Crippen LogP contribution in [-0.4, -0.2) is 48.6 Å². The molecule has 166 valence electrons. The number of aromatic nitrogens is 1. The molecule has 1 saturated heterocycles. The van der Waals surface area contributed by atoms with Crippen molar-refractivity contribution in [1.82, 2.24) is 15.2 Å². The third kappa shape index (κ3) is 5.53. The Bertz CT molecular complexity index is 907. The maximum Gasteiger partial charge on any atom is 0.258 e. The molecule has 31 heavy (non-hydrogen) atoms. The number of halogens is 1. The number of piperidine rings is 1. The molecule has 6 nitrogen and oxygen atoms in total. The Morgan fingerprint density at radius 3 is 3.06 bits per heavy atom. The minimum Gasteiger partial charge on any atom is -0.483 e. The molecule has 7 heteroatoms. The van der Waals surface area contributed by atoms with Crippen LogP contribution in [0.5, 0.6) is 11.6 Å². The molecule has 1 fully saturated rings. The van der Waals surface area contributed by atoms with Crippen molar-refractivity contribution in [3.63, 3.8) is 0 Å². The molecular weight excluding hydrogens is 397 g/mol. The summed E-state index contributed by atoms with van der Waals surface area (Å²) in [6.45, 7) is 2.56. The van der Waals surface area contributed by atoms with Crippen molar-refractivity contribution >= 4 is 5.91 Å². The summed E-state index contributed by atoms with van der Waals surface area (Å²) in [5.41, 5.74) is 1.91. The van der Waals surface area contributed by atoms with Crippen molar-refractivity contribution < 1.29 is 18.7 Å². The van der Waals surface area contributed by atoms with E-state index in [-0.39, 0.29) is 24.4 Å². The molecule has 1 N–H and O–H groups in total. The molecule has 2 aliphatic rings. The Labute approximate surface area is 182 Å². The number of rotatable bonds is 3. The Morgan fingerprint density at radius 1 is 1.29 bits per heavy atom. The first kappa shape index (κ1) is 21.6. The Kier molecular flexibility index (Phi) is 7.02. The molecule has 0 spiro atoms. The number of hydrogen-bond donors (Lipinski definition) is 1. The van der Waals surface area contributed by atoms with Crippen LogP contribution in [0, 0.1) is 11.7 Å². The SMILES string of the molecule is COc1ncccc1CN1CC[C@@H]2NC(=O)COc3ccc(F)cc3CCCC[C@@H]2C1. The van der Waals surface area contributed by atoms with Gasteiger partial charge in [0, 0.05) is 37.4 Å². The van der Waals surface area contributed by atoms with Crippen LogP contribution in [0.3, 0.4) is 0 Å². The van der Waals surface area contributed by atoms with E-state index in [1.165, 1.54) is 12.1 Å². The lowest BCUT2D eigenvalue weighted by Gasteiger charge is -2.39. The maximum absolute atomic E-state index is 13.7. The molecule has 3 heterocycles. The summed E-state index contributed by atoms with van der Waals surface area (Å²) < 4.78 is 24.8. The topological polar surface area (TPSA) is 63.7 Å². The van der Waals surface area contributed by atoms with Crippen molar-refractivity contribution in [2.45, 2.75) is 44.7 Å². The molecule has 0 aliphatic carbocycles. The highest BCUT2D eigenvalue weighted by Crippen LogP contribution is 2.28. The van der Waals surface area contributed by atoms with Gasteiger partial charge in [0.05, 0.1) is 7.11 Å². The number of benzene rings is 1. The van der Waals surface area contributed by atoms with E-state index >= 15 is 0 Å². The standard InChI is InChI=1S/C24H30FN3O3/c1-30-24-19(7-4-11-26-24)15-28-12-10-21-18(14-28)6-3-2-5-17-13-20(25)8-9-22(17)31-16-23(29)27-21/h4,7-9,11,13,18,21H,2-3,5-6,10,12,14-16H2,1H3,(H,27,29)/t18-,21+/m1/s1. The van der Waals surface area contributed by atoms with Gasteiger partial charge in [-0.15, -0.1) is 0 Å². The average Bonchev–Trinajstić information content (AvgIpc) is 2.77. The van der Waals surface area contributed by atoms with E-state index in [2.05, 4.69) is 21.3 Å². The van der Waals surface area contributed by atoms with Crippen LogP contribution in [-0.2, 0) is 17.8 Å². The van der Waals surface area contributed by atoms with Crippen molar-refractivity contribution in [3.05, 3.63) is 53.5 Å². The second-order valence-electron chi connectivity index (χ2n) is 8.42. The number of carbonyl (C=O) groups is 1. The fourth-order valence-electron chi connectivity index (χ4n) is 4.70. The highest BCUT2D eigenvalue weighted by atomic mass is 19.1. The lowest BCUT2D eigenvalue weighted by Crippen LogP contribution is -2.51. The second-order valence-corrected chi connectivity index (χ2v) is 8.42. The van der Waals surface area contributed by atoms with Gasteiger partial charge in [-0.1, -0.05) is 12.5 Å². The summed E-state index contributed by atoms with van der Waals surface area (Å²) in [6, 6.07) is 8.65. The number of carbonyl (C=O) groups excluding carboxylic acids is 1. The van der Waals surface area contributed by atoms with Gasteiger partial charge in [-0.3, -0.25) is 9.69 Å². The normalized spacial score (nSPS) is 22.7. The van der Waals surface area contributed by atoms with Crippen molar-refractivity contribution in [2.75, 3.05) is 26.8 Å². The van der Waals surface area contributed by atoms with Gasteiger partial charge in [0.1, 0.15) is 11.6 Å². The zero-order valence-electron chi connectivity index (χ0n) is 18.0. The van der Waals surface area contributed by atoms with Gasteiger partial charge in [-0.25, -0.2) is 9.37 Å². The van der Waals surface area contributed by atoms with Crippen molar-refractivity contribution in [1.29, 1.82) is 0 Å². The van der Waals surface area contributed by atoms with Gasteiger partial charge in [-0.2, -0.15) is 0 Å². The number of aryl methyl sites for hydroxylation is 1. The van der Waals surface area contributed by atoms with Gasteiger partial charge in [-0.05, 0) is 61.4 Å². The molecule has 0 bridgehead atoms. The summed E-state index contributed by atoms with van der Waals surface area (Å²) in [5, 5.41) is 3.18. The van der Waals surface area contributed by atoms with Crippen LogP contribution in [0.1, 0.15) is 36.8 Å². The van der Waals surface area contributed by atoms with E-state index in [4.69, 9.17) is 9.47 Å². The molecule has 1 amide bonds. The first-order chi connectivity index (χ1) is 15.1. The zero-order valence-corrected chi connectivity index (χ0v) is 18.0. The predicted molar refractivity (Wildman–Crippen MR) is 116 cm³/mol. The monoisotopic (exact) mass is 427 g/mol. The molecule has 4 rings (SSSR count). The van der Waals surface area contributed by atoms with Crippen LogP contribution in [0.15, 0.2) is 36.5 Å². The minimum atomic E-state index is -0.271. The molecular formula is C24H30FN3O3. The van der Waals surface area contributed by atoms with Crippen LogP contribution in [0.4, 0.5) is 4.39 Å². The van der Waals surface area contributed by atoms with E-state index < -0.39 is 0 Å². The number of fused-ring (bicyclic) bond motifs is 2. The maximum atomic E-state index is 13.7. The van der Waals surface area contributed by atoms with Gasteiger partial charge >= 0.3 is 0 Å². The molecule has 1 aromatic carbocycles. The highest BCUT2D eigenvalue weighted by Gasteiger charge is 2.31. The molecule has 0 saturated carbocycles. The number of likely N-dealkylation sites (tertiary alicyclic amines) is 1. The van der Waals surface area contributed by atoms with Crippen LogP contribution >= 0.6 is 0 Å². The minimum absolute atomic E-state index is 0.0432. The Morgan fingerprint density at radius 2 is 2.19 bits per heavy atom. The highest BCUT2D eigenvalue weighted by molar-refractivity contribution is 5.78. The number of nitrogens with one attached hydrogen (secondary N) is 1. The largest absolute Gasteiger partial charge is 0.483 e. The van der Waals surface area contributed by atoms with Gasteiger partial charge in [0.15, 0.2) is 6.61 Å². The zero-order chi connectivity index (χ0) is 21.6. The summed E-state index contributed by atoms with van der Waals surface area (Å²) in [7, 11) is 1.65. The van der Waals surface area contributed by atoms with E-state index in [9.17, 15) is 9.18 Å². The summed E-state index contributed by atoms with van der Waals surface area (Å²) in [4.78, 5) is 19.3. The number of methoxy groups -OCH3 is 1. The van der Waals surface area contributed by atoms with Crippen LogP contribution in [0.2, 0.25) is 0 Å². The van der Waals surface area contributed by atoms with Crippen LogP contribution in [0.25, 0.3) is 0 Å². The van der Waals surface area contributed by atoms with E-state index in [0.29, 0.717) is 17.5 Å². The molecule has 2 atom stereocenters. The first-order valence-electron chi connectivity index (χ1n) is 11.0. The number of hydrogen-bond acceptors (Lipinski definition) is 5. The number of amides is 1. The van der Waals surface area contributed by atoms with E-state index in [0.717, 1.165) is 62.9 Å². The number of nitrogens with zero attached hydrogens (tertiary/aromatic N) is 2. The second kappa shape index (κ2) is 10.1. The Hall–Kier alpha value is -2.67. The molecule has 2 aromatic rings. The van der Waals surface area contributed by atoms with Crippen molar-refractivity contribution in [3.8, 4) is 11.6 Å². The smallest absolute Gasteiger partial charge is 0.258 e. The summed E-state index contributed by atoms with van der Waals surface area (Å²) in [6.07, 6.45) is 6.41. The Balaban J connectivity index is 1.43. The lowest BCUT2D eigenvalue weighted by molar-refractivity contribution is -0.124. The number of pyridine rings is 1. The quantitative estimate of drug-likeness (QED) is 0.814. The summed E-state index contributed by atoms with van der Waals surface area (Å²) in [5.74, 6) is 1.25. The molecule has 0 radical (unpaired) electrons.